The van der Waals surface area contributed by atoms with Crippen molar-refractivity contribution in [1.29, 1.82) is 0 Å². The molecule has 2 heterocycles. The second-order valence-corrected chi connectivity index (χ2v) is 14.6. The van der Waals surface area contributed by atoms with E-state index in [9.17, 15) is 0 Å². The van der Waals surface area contributed by atoms with Gasteiger partial charge in [0, 0.05) is 63.9 Å². The third-order valence-electron chi connectivity index (χ3n) is 8.78. The third kappa shape index (κ3) is 6.59. The van der Waals surface area contributed by atoms with Gasteiger partial charge < -0.3 is 4.90 Å². The normalized spacial score (nSPS) is 11.6. The van der Waals surface area contributed by atoms with E-state index in [2.05, 4.69) is 142 Å². The number of benzene rings is 5. The summed E-state index contributed by atoms with van der Waals surface area (Å²) in [5.74, 6) is 0.672. The first kappa shape index (κ1) is 34.0. The summed E-state index contributed by atoms with van der Waals surface area (Å²) in [7, 11) is 0. The van der Waals surface area contributed by atoms with Gasteiger partial charge in [-0.1, -0.05) is 134 Å². The van der Waals surface area contributed by atoms with Gasteiger partial charge >= 0.3 is 0 Å². The summed E-state index contributed by atoms with van der Waals surface area (Å²) in [5, 5.41) is 3.46. The number of thiophene rings is 1. The van der Waals surface area contributed by atoms with Crippen LogP contribution < -0.4 is 4.90 Å². The van der Waals surface area contributed by atoms with Crippen LogP contribution in [0.25, 0.3) is 59.3 Å². The first-order valence-electron chi connectivity index (χ1n) is 17.0. The fraction of sp³-hybridized carbons (Fsp3) is 0.0870. The van der Waals surface area contributed by atoms with Gasteiger partial charge in [0.1, 0.15) is 0 Å². The highest BCUT2D eigenvalue weighted by atomic mass is 32.2. The van der Waals surface area contributed by atoms with E-state index >= 15 is 0 Å². The number of nitrogens with zero attached hydrogens (tertiary/aromatic N) is 3. The van der Waals surface area contributed by atoms with Gasteiger partial charge in [-0.15, -0.1) is 11.3 Å². The van der Waals surface area contributed by atoms with Crippen LogP contribution >= 0.6 is 23.1 Å². The second-order valence-electron chi connectivity index (χ2n) is 12.4. The van der Waals surface area contributed by atoms with Gasteiger partial charge in [0.05, 0.1) is 16.9 Å². The van der Waals surface area contributed by atoms with E-state index in [1.54, 1.807) is 11.8 Å². The van der Waals surface area contributed by atoms with Gasteiger partial charge in [-0.25, -0.2) is 9.97 Å². The maximum Gasteiger partial charge on any atom is 0.160 e. The van der Waals surface area contributed by atoms with Gasteiger partial charge in [-0.3, -0.25) is 0 Å². The summed E-state index contributed by atoms with van der Waals surface area (Å²) < 4.78 is 2.48. The van der Waals surface area contributed by atoms with Gasteiger partial charge in [-0.2, -0.15) is 0 Å². The Kier molecular flexibility index (Phi) is 9.85. The van der Waals surface area contributed by atoms with E-state index in [0.29, 0.717) is 5.82 Å². The minimum absolute atomic E-state index is 0.672. The topological polar surface area (TPSA) is 29.0 Å². The fourth-order valence-corrected chi connectivity index (χ4v) is 8.83. The summed E-state index contributed by atoms with van der Waals surface area (Å²) in [6.45, 7) is 17.5. The lowest BCUT2D eigenvalue weighted by molar-refractivity contribution is 1.21. The third-order valence-corrected chi connectivity index (χ3v) is 11.2. The molecule has 2 aromatic heterocycles. The van der Waals surface area contributed by atoms with E-state index in [4.69, 9.17) is 9.97 Å². The Morgan fingerprint density at radius 3 is 2.20 bits per heavy atom. The maximum absolute atomic E-state index is 5.18. The quantitative estimate of drug-likeness (QED) is 0.105. The Bertz CT molecular complexity index is 2530. The fourth-order valence-electron chi connectivity index (χ4n) is 6.48. The summed E-state index contributed by atoms with van der Waals surface area (Å²) in [6.07, 6.45) is 10.4. The van der Waals surface area contributed by atoms with Crippen molar-refractivity contribution in [3.8, 4) is 22.6 Å². The maximum atomic E-state index is 5.18. The predicted octanol–water partition coefficient (Wildman–Crippen LogP) is 14.2. The highest BCUT2D eigenvalue weighted by Gasteiger charge is 2.24. The monoisotopic (exact) mass is 697 g/mol. The van der Waals surface area contributed by atoms with Crippen LogP contribution in [-0.4, -0.2) is 9.97 Å². The summed E-state index contributed by atoms with van der Waals surface area (Å²) in [6, 6.07) is 38.0. The SMILES string of the molecule is C=CN(c1cccc(-c2nc(-c3ccccc3)c3ccccc3n2)c1)c1c(SC(/C=C\C)=C(C)C)cc2sc3ccccc3c2c1C(=C)/C=C\C. The van der Waals surface area contributed by atoms with Crippen molar-refractivity contribution in [2.24, 2.45) is 0 Å². The molecule has 5 heteroatoms. The average Bonchev–Trinajstić information content (AvgIpc) is 3.53. The molecule has 0 aliphatic carbocycles. The summed E-state index contributed by atoms with van der Waals surface area (Å²) in [5.41, 5.74) is 9.10. The Morgan fingerprint density at radius 2 is 1.45 bits per heavy atom. The van der Waals surface area contributed by atoms with Crippen LogP contribution in [0.15, 0.2) is 168 Å². The van der Waals surface area contributed by atoms with Crippen LogP contribution in [0.1, 0.15) is 33.3 Å². The molecule has 51 heavy (non-hydrogen) atoms. The number of thioether (sulfide) groups is 1. The number of aromatic nitrogens is 2. The molecule has 0 radical (unpaired) electrons. The van der Waals surface area contributed by atoms with Crippen molar-refractivity contribution >= 4 is 71.1 Å². The van der Waals surface area contributed by atoms with Gasteiger partial charge in [0.2, 0.25) is 0 Å². The Balaban J connectivity index is 1.49. The van der Waals surface area contributed by atoms with Gasteiger partial charge in [-0.05, 0) is 63.6 Å². The molecule has 0 spiro atoms. The van der Waals surface area contributed by atoms with Crippen molar-refractivity contribution in [2.45, 2.75) is 32.6 Å². The van der Waals surface area contributed by atoms with E-state index in [0.717, 1.165) is 55.1 Å². The molecule has 3 nitrogen and oxygen atoms in total. The van der Waals surface area contributed by atoms with Crippen LogP contribution in [0.3, 0.4) is 0 Å². The van der Waals surface area contributed by atoms with Crippen molar-refractivity contribution in [3.63, 3.8) is 0 Å². The molecule has 0 unspecified atom stereocenters. The van der Waals surface area contributed by atoms with Crippen LogP contribution in [0.5, 0.6) is 0 Å². The smallest absolute Gasteiger partial charge is 0.160 e. The highest BCUT2D eigenvalue weighted by molar-refractivity contribution is 8.03. The second kappa shape index (κ2) is 14.8. The molecule has 0 bridgehead atoms. The molecule has 0 amide bonds. The van der Waals surface area contributed by atoms with Crippen molar-refractivity contribution in [3.05, 3.63) is 169 Å². The minimum atomic E-state index is 0.672. The van der Waals surface area contributed by atoms with E-state index < -0.39 is 0 Å². The van der Waals surface area contributed by atoms with Crippen molar-refractivity contribution < 1.29 is 0 Å². The number of allylic oxidation sites excluding steroid dienone is 6. The molecule has 7 aromatic rings. The molecule has 250 valence electrons. The molecule has 0 N–H and O–H groups in total. The molecule has 0 atom stereocenters. The van der Waals surface area contributed by atoms with Crippen molar-refractivity contribution in [2.75, 3.05) is 4.90 Å². The lowest BCUT2D eigenvalue weighted by atomic mass is 9.96. The summed E-state index contributed by atoms with van der Waals surface area (Å²) >= 11 is 3.61. The van der Waals surface area contributed by atoms with Crippen LogP contribution in [0, 0.1) is 0 Å². The van der Waals surface area contributed by atoms with E-state index in [1.807, 2.05) is 54.8 Å². The van der Waals surface area contributed by atoms with E-state index in [-0.39, 0.29) is 0 Å². The zero-order valence-corrected chi connectivity index (χ0v) is 31.0. The number of rotatable bonds is 10. The lowest BCUT2D eigenvalue weighted by Crippen LogP contribution is -2.12. The molecule has 0 saturated carbocycles. The van der Waals surface area contributed by atoms with E-state index in [1.165, 1.54) is 30.7 Å². The minimum Gasteiger partial charge on any atom is -0.316 e. The molecule has 5 aromatic carbocycles. The first-order chi connectivity index (χ1) is 24.9. The largest absolute Gasteiger partial charge is 0.316 e. The molecule has 0 aliphatic heterocycles. The number of hydrogen-bond donors (Lipinski definition) is 0. The predicted molar refractivity (Wildman–Crippen MR) is 225 cm³/mol. The van der Waals surface area contributed by atoms with Crippen LogP contribution in [0.4, 0.5) is 11.4 Å². The zero-order chi connectivity index (χ0) is 35.5. The molecular formula is C46H39N3S2. The molecule has 0 saturated heterocycles. The Morgan fingerprint density at radius 1 is 0.745 bits per heavy atom. The summed E-state index contributed by atoms with van der Waals surface area (Å²) in [4.78, 5) is 14.8. The lowest BCUT2D eigenvalue weighted by Gasteiger charge is -2.28. The van der Waals surface area contributed by atoms with Gasteiger partial charge in [0.25, 0.3) is 0 Å². The highest BCUT2D eigenvalue weighted by Crippen LogP contribution is 2.51. The van der Waals surface area contributed by atoms with Crippen molar-refractivity contribution in [1.82, 2.24) is 9.97 Å². The standard InChI is InChI=1S/C46H39N3S2/c1-7-18-31(6)42-43-36-25-14-16-27-39(36)51-40(43)29-41(50-38(19-8-2)30(4)5)45(42)49(9-3)34-23-17-22-33(28-34)46-47-37-26-15-13-24-35(37)44(48-46)32-20-11-10-12-21-32/h7-29H,3,6H2,1-2,4-5H3/b18-7-,19-8-. The first-order valence-corrected chi connectivity index (χ1v) is 18.7. The number of anilines is 2. The molecule has 7 rings (SSSR count). The molecule has 0 fully saturated rings. The van der Waals surface area contributed by atoms with Crippen LogP contribution in [0.2, 0.25) is 0 Å². The van der Waals surface area contributed by atoms with Crippen LogP contribution in [-0.2, 0) is 0 Å². The zero-order valence-electron chi connectivity index (χ0n) is 29.4. The Labute approximate surface area is 308 Å². The average molecular weight is 698 g/mol. The number of fused-ring (bicyclic) bond motifs is 4. The number of hydrogen-bond acceptors (Lipinski definition) is 5. The van der Waals surface area contributed by atoms with Gasteiger partial charge in [0.15, 0.2) is 5.82 Å². The molecule has 0 aliphatic rings. The number of para-hydroxylation sites is 1. The Hall–Kier alpha value is -5.49. The molecular weight excluding hydrogens is 659 g/mol.